The van der Waals surface area contributed by atoms with Crippen molar-refractivity contribution in [3.8, 4) is 0 Å². The molecule has 0 amide bonds. The van der Waals surface area contributed by atoms with Crippen molar-refractivity contribution in [2.24, 2.45) is 5.11 Å². The molecule has 2 N–H and O–H groups in total. The van der Waals surface area contributed by atoms with E-state index in [1.807, 2.05) is 0 Å². The first-order valence-corrected chi connectivity index (χ1v) is 4.13. The summed E-state index contributed by atoms with van der Waals surface area (Å²) in [5.41, 5.74) is 5.07. The Bertz CT molecular complexity index is 547. The van der Waals surface area contributed by atoms with Crippen molar-refractivity contribution >= 4 is 12.0 Å². The third-order valence-electron chi connectivity index (χ3n) is 1.73. The molecule has 0 aromatic heterocycles. The molecular formula is C9H5F3N3O2+. The normalized spacial score (nSPS) is 10.9. The number of halogens is 3. The van der Waals surface area contributed by atoms with Crippen LogP contribution in [0.1, 0.15) is 5.56 Å². The van der Waals surface area contributed by atoms with E-state index in [1.54, 1.807) is 0 Å². The van der Waals surface area contributed by atoms with Crippen molar-refractivity contribution < 1.29 is 23.1 Å². The molecule has 0 bridgehead atoms. The number of hydrogen-bond acceptors (Lipinski definition) is 3. The van der Waals surface area contributed by atoms with E-state index in [4.69, 9.17) is 10.6 Å². The molecule has 0 unspecified atom stereocenters. The fourth-order valence-electron chi connectivity index (χ4n) is 0.987. The van der Waals surface area contributed by atoms with Crippen LogP contribution in [0.5, 0.6) is 0 Å². The largest absolute Gasteiger partial charge is 0.476 e. The Hall–Kier alpha value is -2.47. The zero-order valence-corrected chi connectivity index (χ0v) is 8.12. The van der Waals surface area contributed by atoms with Crippen LogP contribution < -0.4 is 4.91 Å². The molecule has 0 aliphatic carbocycles. The van der Waals surface area contributed by atoms with Gasteiger partial charge in [0.05, 0.1) is 0 Å². The molecule has 17 heavy (non-hydrogen) atoms. The molecule has 1 aromatic carbocycles. The predicted molar refractivity (Wildman–Crippen MR) is 49.2 cm³/mol. The summed E-state index contributed by atoms with van der Waals surface area (Å²) in [6.07, 6.45) is 0.637. The first kappa shape index (κ1) is 12.6. The molecule has 88 valence electrons. The molecule has 8 heteroatoms. The summed E-state index contributed by atoms with van der Waals surface area (Å²) in [7, 11) is 0. The van der Waals surface area contributed by atoms with Gasteiger partial charge in [-0.2, -0.15) is 0 Å². The van der Waals surface area contributed by atoms with Gasteiger partial charge in [0.15, 0.2) is 22.6 Å². The van der Waals surface area contributed by atoms with Gasteiger partial charge in [-0.1, -0.05) is 0 Å². The van der Waals surface area contributed by atoms with Gasteiger partial charge in [0.1, 0.15) is 5.53 Å². The molecule has 0 aliphatic heterocycles. The van der Waals surface area contributed by atoms with E-state index in [0.717, 1.165) is 6.07 Å². The summed E-state index contributed by atoms with van der Waals surface area (Å²) in [5.74, 6) is -6.22. The second-order valence-corrected chi connectivity index (χ2v) is 2.80. The van der Waals surface area contributed by atoms with Gasteiger partial charge in [-0.05, 0) is 18.2 Å². The molecule has 1 aromatic rings. The van der Waals surface area contributed by atoms with Crippen molar-refractivity contribution in [2.45, 2.75) is 0 Å². The molecule has 0 aliphatic rings. The van der Waals surface area contributed by atoms with E-state index in [2.05, 4.69) is 10.0 Å². The molecule has 0 saturated carbocycles. The van der Waals surface area contributed by atoms with Gasteiger partial charge in [0.2, 0.25) is 10.6 Å². The lowest BCUT2D eigenvalue weighted by Gasteiger charge is -1.98. The van der Waals surface area contributed by atoms with Crippen molar-refractivity contribution in [3.05, 3.63) is 40.8 Å². The monoisotopic (exact) mass is 244 g/mol. The van der Waals surface area contributed by atoms with Crippen LogP contribution in [0.3, 0.4) is 0 Å². The van der Waals surface area contributed by atoms with Crippen LogP contribution in [-0.2, 0) is 4.79 Å². The first-order valence-electron chi connectivity index (χ1n) is 4.13. The highest BCUT2D eigenvalue weighted by molar-refractivity contribution is 5.91. The molecule has 0 atom stereocenters. The fraction of sp³-hybridized carbons (Fsp3) is 0. The summed E-state index contributed by atoms with van der Waals surface area (Å²) in [4.78, 5) is 13.0. The van der Waals surface area contributed by atoms with E-state index in [9.17, 15) is 18.0 Å². The highest BCUT2D eigenvalue weighted by Crippen LogP contribution is 2.18. The highest BCUT2D eigenvalue weighted by atomic mass is 19.2. The Morgan fingerprint density at radius 1 is 1.35 bits per heavy atom. The Morgan fingerprint density at radius 2 is 2.00 bits per heavy atom. The van der Waals surface area contributed by atoms with E-state index in [-0.39, 0.29) is 0 Å². The van der Waals surface area contributed by atoms with Gasteiger partial charge in [-0.3, -0.25) is 0 Å². The lowest BCUT2D eigenvalue weighted by molar-refractivity contribution is -0.132. The van der Waals surface area contributed by atoms with Gasteiger partial charge in [0.25, 0.3) is 0 Å². The van der Waals surface area contributed by atoms with Gasteiger partial charge in [0, 0.05) is 5.56 Å². The number of hydrogen-bond donors (Lipinski definition) is 2. The zero-order chi connectivity index (χ0) is 13.0. The lowest BCUT2D eigenvalue weighted by atomic mass is 10.1. The number of aliphatic carboxylic acids is 1. The Kier molecular flexibility index (Phi) is 3.74. The first-order chi connectivity index (χ1) is 7.97. The van der Waals surface area contributed by atoms with E-state index in [1.165, 1.54) is 0 Å². The molecule has 1 rings (SSSR count). The van der Waals surface area contributed by atoms with Gasteiger partial charge >= 0.3 is 5.97 Å². The fourth-order valence-corrected chi connectivity index (χ4v) is 0.987. The van der Waals surface area contributed by atoms with Crippen LogP contribution in [0, 0.1) is 23.0 Å². The number of benzene rings is 1. The maximum absolute atomic E-state index is 13.2. The summed E-state index contributed by atoms with van der Waals surface area (Å²) in [6, 6.07) is 1.48. The Labute approximate surface area is 92.4 Å². The SMILES string of the molecule is N=[N+]=N/C(=C\c1ccc(F)c(F)c1F)C(=O)O. The van der Waals surface area contributed by atoms with Crippen molar-refractivity contribution in [1.82, 2.24) is 4.91 Å². The number of nitrogens with one attached hydrogen (secondary N) is 1. The minimum absolute atomic E-state index is 0.506. The second-order valence-electron chi connectivity index (χ2n) is 2.80. The lowest BCUT2D eigenvalue weighted by Crippen LogP contribution is -2.00. The van der Waals surface area contributed by atoms with E-state index in [0.29, 0.717) is 12.1 Å². The average Bonchev–Trinajstić information content (AvgIpc) is 2.28. The molecule has 5 nitrogen and oxygen atoms in total. The van der Waals surface area contributed by atoms with Crippen molar-refractivity contribution in [3.63, 3.8) is 0 Å². The summed E-state index contributed by atoms with van der Waals surface area (Å²) >= 11 is 0. The topological polar surface area (TPSA) is 87.6 Å². The van der Waals surface area contributed by atoms with Crippen LogP contribution in [0.4, 0.5) is 13.2 Å². The van der Waals surface area contributed by atoms with Crippen LogP contribution in [0.2, 0.25) is 0 Å². The number of carbonyl (C=O) groups is 1. The van der Waals surface area contributed by atoms with Crippen LogP contribution >= 0.6 is 0 Å². The molecule has 0 saturated heterocycles. The third kappa shape index (κ3) is 2.76. The zero-order valence-electron chi connectivity index (χ0n) is 8.12. The van der Waals surface area contributed by atoms with Crippen LogP contribution in [0.25, 0.3) is 6.08 Å². The summed E-state index contributed by atoms with van der Waals surface area (Å²) in [5, 5.41) is 11.5. The van der Waals surface area contributed by atoms with E-state index >= 15 is 0 Å². The van der Waals surface area contributed by atoms with Crippen molar-refractivity contribution in [2.75, 3.05) is 0 Å². The standard InChI is InChI=1S/C9H4F3N3O2/c10-5-2-1-4(7(11)8(5)12)3-6(9(16)17)14-15-13/h1-3,13H/p+1/b6-3-. The second kappa shape index (κ2) is 5.04. The van der Waals surface area contributed by atoms with Gasteiger partial charge in [-0.25, -0.2) is 18.0 Å². The predicted octanol–water partition coefficient (Wildman–Crippen LogP) is 2.08. The Balaban J connectivity index is 3.35. The summed E-state index contributed by atoms with van der Waals surface area (Å²) in [6.45, 7) is 0. The number of carboxylic acids is 1. The third-order valence-corrected chi connectivity index (χ3v) is 1.73. The van der Waals surface area contributed by atoms with Crippen LogP contribution in [-0.4, -0.2) is 11.1 Å². The molecule has 0 spiro atoms. The number of carboxylic acid groups (broad SMARTS) is 1. The summed E-state index contributed by atoms with van der Waals surface area (Å²) < 4.78 is 38.5. The molecular weight excluding hydrogens is 239 g/mol. The maximum Gasteiger partial charge on any atom is 0.362 e. The average molecular weight is 244 g/mol. The van der Waals surface area contributed by atoms with Crippen LogP contribution in [0.15, 0.2) is 22.9 Å². The molecule has 0 radical (unpaired) electrons. The number of rotatable bonds is 3. The minimum atomic E-state index is -1.72. The van der Waals surface area contributed by atoms with E-state index < -0.39 is 34.7 Å². The smallest absolute Gasteiger partial charge is 0.362 e. The number of nitrogens with zero attached hydrogens (tertiary/aromatic N) is 2. The molecule has 0 heterocycles. The molecule has 0 fully saturated rings. The Morgan fingerprint density at radius 3 is 2.53 bits per heavy atom. The highest BCUT2D eigenvalue weighted by Gasteiger charge is 2.16. The maximum atomic E-state index is 13.2. The van der Waals surface area contributed by atoms with Gasteiger partial charge in [-0.15, -0.1) is 0 Å². The quantitative estimate of drug-likeness (QED) is 0.369. The van der Waals surface area contributed by atoms with Gasteiger partial charge < -0.3 is 5.11 Å². The minimum Gasteiger partial charge on any atom is -0.476 e. The van der Waals surface area contributed by atoms with Crippen molar-refractivity contribution in [1.29, 1.82) is 5.53 Å².